The fraction of sp³-hybridized carbons (Fsp3) is 0.593. The van der Waals surface area contributed by atoms with Crippen molar-refractivity contribution in [2.45, 2.75) is 101 Å². The highest BCUT2D eigenvalue weighted by atomic mass is 32.2. The van der Waals surface area contributed by atoms with Crippen molar-refractivity contribution in [1.29, 1.82) is 0 Å². The van der Waals surface area contributed by atoms with E-state index >= 15 is 0 Å². The fourth-order valence-electron chi connectivity index (χ4n) is 5.82. The summed E-state index contributed by atoms with van der Waals surface area (Å²) in [6.45, 7) is 5.66. The van der Waals surface area contributed by atoms with Gasteiger partial charge in [0, 0.05) is 29.9 Å². The van der Waals surface area contributed by atoms with Crippen LogP contribution in [0.5, 0.6) is 0 Å². The number of amides is 1. The van der Waals surface area contributed by atoms with E-state index in [0.29, 0.717) is 0 Å². The molecule has 2 aromatic rings. The summed E-state index contributed by atoms with van der Waals surface area (Å²) in [4.78, 5) is 24.1. The van der Waals surface area contributed by atoms with Crippen LogP contribution in [0, 0.1) is 5.82 Å². The van der Waals surface area contributed by atoms with Crippen LogP contribution in [0.1, 0.15) is 70.6 Å². The lowest BCUT2D eigenvalue weighted by Crippen LogP contribution is -2.51. The molecule has 2 fully saturated rings. The SMILES string of the molecule is CC(C)(C)OC(=O)N1C2CCC1CC(Nc1nc(Nc3ccc(S(C)(=O)=O)cc3F)nc3c1CCCC3)C2. The van der Waals surface area contributed by atoms with E-state index in [1.165, 1.54) is 12.1 Å². The largest absolute Gasteiger partial charge is 0.444 e. The molecule has 1 amide bonds. The first-order chi connectivity index (χ1) is 17.9. The molecule has 3 heterocycles. The molecular weight excluding hydrogens is 509 g/mol. The van der Waals surface area contributed by atoms with Gasteiger partial charge in [-0.3, -0.25) is 0 Å². The van der Waals surface area contributed by atoms with E-state index in [-0.39, 0.29) is 40.7 Å². The zero-order valence-electron chi connectivity index (χ0n) is 22.4. The summed E-state index contributed by atoms with van der Waals surface area (Å²) < 4.78 is 43.9. The predicted molar refractivity (Wildman–Crippen MR) is 143 cm³/mol. The van der Waals surface area contributed by atoms with Crippen LogP contribution in [-0.2, 0) is 27.4 Å². The Hall–Kier alpha value is -2.95. The molecule has 2 atom stereocenters. The second-order valence-electron chi connectivity index (χ2n) is 11.7. The van der Waals surface area contributed by atoms with Crippen LogP contribution in [0.2, 0.25) is 0 Å². The Morgan fingerprint density at radius 1 is 1.11 bits per heavy atom. The summed E-state index contributed by atoms with van der Waals surface area (Å²) >= 11 is 0. The molecule has 0 saturated carbocycles. The summed E-state index contributed by atoms with van der Waals surface area (Å²) in [6, 6.07) is 4.16. The highest BCUT2D eigenvalue weighted by Gasteiger charge is 2.45. The van der Waals surface area contributed by atoms with Crippen LogP contribution in [-0.4, -0.2) is 59.4 Å². The summed E-state index contributed by atoms with van der Waals surface area (Å²) in [5, 5.41) is 6.60. The third-order valence-electron chi connectivity index (χ3n) is 7.48. The van der Waals surface area contributed by atoms with Gasteiger partial charge in [-0.05, 0) is 90.3 Å². The van der Waals surface area contributed by atoms with Crippen LogP contribution in [0.4, 0.5) is 26.6 Å². The summed E-state index contributed by atoms with van der Waals surface area (Å²) in [5.41, 5.74) is 1.62. The third kappa shape index (κ3) is 5.72. The van der Waals surface area contributed by atoms with E-state index in [2.05, 4.69) is 15.6 Å². The van der Waals surface area contributed by atoms with Crippen molar-refractivity contribution in [2.75, 3.05) is 16.9 Å². The minimum atomic E-state index is -3.51. The lowest BCUT2D eigenvalue weighted by molar-refractivity contribution is 0.00682. The van der Waals surface area contributed by atoms with Crippen molar-refractivity contribution < 1.29 is 22.3 Å². The maximum Gasteiger partial charge on any atom is 0.410 e. The Balaban J connectivity index is 1.35. The second-order valence-corrected chi connectivity index (χ2v) is 13.7. The van der Waals surface area contributed by atoms with Crippen molar-refractivity contribution in [3.63, 3.8) is 0 Å². The number of nitrogens with zero attached hydrogens (tertiary/aromatic N) is 3. The highest BCUT2D eigenvalue weighted by Crippen LogP contribution is 2.39. The molecule has 1 aromatic carbocycles. The van der Waals surface area contributed by atoms with Crippen molar-refractivity contribution in [3.8, 4) is 0 Å². The average Bonchev–Trinajstić information content (AvgIpc) is 3.09. The topological polar surface area (TPSA) is 114 Å². The number of carbonyl (C=O) groups excluding carboxylic acids is 1. The van der Waals surface area contributed by atoms with Crippen LogP contribution in [0.15, 0.2) is 23.1 Å². The molecule has 2 N–H and O–H groups in total. The second kappa shape index (κ2) is 9.98. The van der Waals surface area contributed by atoms with Crippen LogP contribution in [0.25, 0.3) is 0 Å². The number of piperidine rings is 1. The quantitative estimate of drug-likeness (QED) is 0.541. The lowest BCUT2D eigenvalue weighted by Gasteiger charge is -2.40. The number of nitrogens with one attached hydrogen (secondary N) is 2. The molecule has 9 nitrogen and oxygen atoms in total. The molecule has 38 heavy (non-hydrogen) atoms. The smallest absolute Gasteiger partial charge is 0.410 e. The van der Waals surface area contributed by atoms with E-state index in [4.69, 9.17) is 9.72 Å². The van der Waals surface area contributed by atoms with Crippen molar-refractivity contribution >= 4 is 33.4 Å². The van der Waals surface area contributed by atoms with Gasteiger partial charge in [0.05, 0.1) is 16.3 Å². The molecule has 2 unspecified atom stereocenters. The predicted octanol–water partition coefficient (Wildman–Crippen LogP) is 4.98. The van der Waals surface area contributed by atoms with E-state index in [0.717, 1.165) is 80.8 Å². The molecule has 11 heteroatoms. The number of aryl methyl sites for hydroxylation is 1. The van der Waals surface area contributed by atoms with Crippen molar-refractivity contribution in [3.05, 3.63) is 35.3 Å². The first-order valence-electron chi connectivity index (χ1n) is 13.3. The van der Waals surface area contributed by atoms with Gasteiger partial charge in [-0.1, -0.05) is 0 Å². The van der Waals surface area contributed by atoms with Crippen LogP contribution in [0.3, 0.4) is 0 Å². The standard InChI is InChI=1S/C27H36FN5O4S/c1-27(2,3)37-26(34)33-17-9-10-18(33)14-16(13-17)29-24-20-7-5-6-8-22(20)30-25(32-24)31-23-12-11-19(15-21(23)28)38(4,35)36/h11-12,15-18H,5-10,13-14H2,1-4H3,(H2,29,30,31,32). The maximum atomic E-state index is 14.7. The van der Waals surface area contributed by atoms with Gasteiger partial charge in [-0.25, -0.2) is 22.6 Å². The van der Waals surface area contributed by atoms with E-state index in [1.54, 1.807) is 0 Å². The normalized spacial score (nSPS) is 23.1. The Labute approximate surface area is 223 Å². The molecule has 1 aliphatic carbocycles. The van der Waals surface area contributed by atoms with Gasteiger partial charge in [0.2, 0.25) is 5.95 Å². The molecular formula is C27H36FN5O4S. The Morgan fingerprint density at radius 2 is 1.79 bits per heavy atom. The third-order valence-corrected chi connectivity index (χ3v) is 8.59. The minimum Gasteiger partial charge on any atom is -0.444 e. The maximum absolute atomic E-state index is 14.7. The average molecular weight is 546 g/mol. The van der Waals surface area contributed by atoms with Gasteiger partial charge in [-0.2, -0.15) is 4.98 Å². The van der Waals surface area contributed by atoms with Gasteiger partial charge >= 0.3 is 6.09 Å². The Morgan fingerprint density at radius 3 is 2.42 bits per heavy atom. The van der Waals surface area contributed by atoms with Crippen molar-refractivity contribution in [1.82, 2.24) is 14.9 Å². The Kier molecular flexibility index (Phi) is 7.00. The molecule has 1 aromatic heterocycles. The summed E-state index contributed by atoms with van der Waals surface area (Å²) in [7, 11) is -3.51. The molecule has 0 radical (unpaired) electrons. The number of fused-ring (bicyclic) bond motifs is 3. The molecule has 2 bridgehead atoms. The Bertz CT molecular complexity index is 1330. The molecule has 5 rings (SSSR count). The molecule has 2 saturated heterocycles. The minimum absolute atomic E-state index is 0.0818. The first kappa shape index (κ1) is 26.6. The van der Waals surface area contributed by atoms with Gasteiger partial charge in [0.1, 0.15) is 17.2 Å². The number of anilines is 3. The molecule has 0 spiro atoms. The number of hydrogen-bond donors (Lipinski definition) is 2. The van der Waals surface area contributed by atoms with Crippen LogP contribution >= 0.6 is 0 Å². The highest BCUT2D eigenvalue weighted by molar-refractivity contribution is 7.90. The van der Waals surface area contributed by atoms with E-state index < -0.39 is 21.3 Å². The van der Waals surface area contributed by atoms with Crippen LogP contribution < -0.4 is 10.6 Å². The number of halogens is 1. The van der Waals surface area contributed by atoms with Crippen molar-refractivity contribution in [2.24, 2.45) is 0 Å². The van der Waals surface area contributed by atoms with E-state index in [9.17, 15) is 17.6 Å². The zero-order valence-corrected chi connectivity index (χ0v) is 23.2. The number of rotatable bonds is 5. The number of carbonyl (C=O) groups is 1. The molecule has 206 valence electrons. The number of ether oxygens (including phenoxy) is 1. The van der Waals surface area contributed by atoms with E-state index in [1.807, 2.05) is 25.7 Å². The number of benzene rings is 1. The van der Waals surface area contributed by atoms with Gasteiger partial charge in [0.15, 0.2) is 9.84 Å². The number of sulfone groups is 1. The fourth-order valence-corrected chi connectivity index (χ4v) is 6.45. The van der Waals surface area contributed by atoms with Gasteiger partial charge < -0.3 is 20.3 Å². The van der Waals surface area contributed by atoms with Gasteiger partial charge in [-0.15, -0.1) is 0 Å². The lowest BCUT2D eigenvalue weighted by atomic mass is 9.94. The number of hydrogen-bond acceptors (Lipinski definition) is 8. The van der Waals surface area contributed by atoms with Gasteiger partial charge in [0.25, 0.3) is 0 Å². The monoisotopic (exact) mass is 545 g/mol. The summed E-state index contributed by atoms with van der Waals surface area (Å²) in [6.07, 6.45) is 8.11. The number of aromatic nitrogens is 2. The zero-order chi connectivity index (χ0) is 27.2. The summed E-state index contributed by atoms with van der Waals surface area (Å²) in [5.74, 6) is 0.337. The molecule has 3 aliphatic rings. The molecule has 2 aliphatic heterocycles. The first-order valence-corrected chi connectivity index (χ1v) is 15.2.